The van der Waals surface area contributed by atoms with Crippen molar-refractivity contribution in [1.29, 1.82) is 5.26 Å². The molecule has 7 heteroatoms. The second-order valence-corrected chi connectivity index (χ2v) is 4.86. The zero-order chi connectivity index (χ0) is 14.8. The van der Waals surface area contributed by atoms with Crippen molar-refractivity contribution in [1.82, 2.24) is 0 Å². The Hall–Kier alpha value is -2.23. The highest BCUT2D eigenvalue weighted by Gasteiger charge is 2.28. The topological polar surface area (TPSA) is 76.2 Å². The second-order valence-electron chi connectivity index (χ2n) is 4.86. The summed E-state index contributed by atoms with van der Waals surface area (Å²) in [6.07, 6.45) is 0. The molecule has 19 heavy (non-hydrogen) atoms. The number of nitrogens with zero attached hydrogens (tertiary/aromatic N) is 2. The summed E-state index contributed by atoms with van der Waals surface area (Å²) in [7, 11) is 0. The molecule has 0 saturated carbocycles. The van der Waals surface area contributed by atoms with Crippen LogP contribution < -0.4 is 4.74 Å². The number of hydrogen-bond acceptors (Lipinski definition) is 4. The molecule has 0 atom stereocenters. The Labute approximate surface area is 108 Å². The van der Waals surface area contributed by atoms with E-state index in [0.717, 1.165) is 12.1 Å². The average molecular weight is 270 g/mol. The van der Waals surface area contributed by atoms with Gasteiger partial charge in [-0.2, -0.15) is 14.0 Å². The molecular formula is C12H12F2N2O3. The lowest BCUT2D eigenvalue weighted by atomic mass is 9.85. The maximum atomic E-state index is 12.3. The Morgan fingerprint density at radius 2 is 2.00 bits per heavy atom. The number of rotatable bonds is 3. The maximum Gasteiger partial charge on any atom is 0.387 e. The van der Waals surface area contributed by atoms with E-state index in [0.29, 0.717) is 0 Å². The van der Waals surface area contributed by atoms with E-state index in [1.54, 1.807) is 26.8 Å². The van der Waals surface area contributed by atoms with Crippen molar-refractivity contribution in [3.63, 3.8) is 0 Å². The minimum Gasteiger partial charge on any atom is -0.433 e. The third-order valence-electron chi connectivity index (χ3n) is 2.44. The quantitative estimate of drug-likeness (QED) is 0.623. The lowest BCUT2D eigenvalue weighted by Crippen LogP contribution is -2.15. The van der Waals surface area contributed by atoms with Crippen LogP contribution in [0.5, 0.6) is 5.75 Å². The molecule has 0 aliphatic carbocycles. The van der Waals surface area contributed by atoms with Gasteiger partial charge in [0.1, 0.15) is 17.4 Å². The van der Waals surface area contributed by atoms with Crippen molar-refractivity contribution in [2.24, 2.45) is 0 Å². The Bertz CT molecular complexity index is 545. The SMILES string of the molecule is CC(C)(C)c1cc(OC(F)F)c(C#N)cc1[N+](=O)[O-]. The number of benzene rings is 1. The zero-order valence-corrected chi connectivity index (χ0v) is 10.6. The molecule has 0 aromatic heterocycles. The normalized spacial score (nSPS) is 11.2. The van der Waals surface area contributed by atoms with Gasteiger partial charge in [0, 0.05) is 11.6 Å². The fourth-order valence-electron chi connectivity index (χ4n) is 1.60. The Kier molecular flexibility index (Phi) is 4.04. The highest BCUT2D eigenvalue weighted by Crippen LogP contribution is 2.36. The highest BCUT2D eigenvalue weighted by molar-refractivity contribution is 5.57. The van der Waals surface area contributed by atoms with Crippen molar-refractivity contribution in [3.8, 4) is 11.8 Å². The van der Waals surface area contributed by atoms with Gasteiger partial charge in [0.2, 0.25) is 0 Å². The van der Waals surface area contributed by atoms with Crippen molar-refractivity contribution in [2.75, 3.05) is 0 Å². The molecule has 0 fully saturated rings. The highest BCUT2D eigenvalue weighted by atomic mass is 19.3. The second kappa shape index (κ2) is 5.18. The molecule has 0 N–H and O–H groups in total. The van der Waals surface area contributed by atoms with Gasteiger partial charge in [0.25, 0.3) is 5.69 Å². The van der Waals surface area contributed by atoms with E-state index in [1.165, 1.54) is 0 Å². The molecule has 0 aliphatic rings. The predicted octanol–water partition coefficient (Wildman–Crippen LogP) is 3.37. The summed E-state index contributed by atoms with van der Waals surface area (Å²) in [5.74, 6) is -0.354. The minimum atomic E-state index is -3.10. The molecule has 0 aliphatic heterocycles. The summed E-state index contributed by atoms with van der Waals surface area (Å²) in [6, 6.07) is 3.70. The third-order valence-corrected chi connectivity index (χ3v) is 2.44. The van der Waals surface area contributed by atoms with Crippen LogP contribution in [0.15, 0.2) is 12.1 Å². The van der Waals surface area contributed by atoms with E-state index >= 15 is 0 Å². The molecule has 1 rings (SSSR count). The molecule has 0 radical (unpaired) electrons. The minimum absolute atomic E-state index is 0.229. The van der Waals surface area contributed by atoms with E-state index in [9.17, 15) is 18.9 Å². The third kappa shape index (κ3) is 3.37. The van der Waals surface area contributed by atoms with E-state index in [-0.39, 0.29) is 22.6 Å². The summed E-state index contributed by atoms with van der Waals surface area (Å²) in [5, 5.41) is 19.8. The first-order chi connectivity index (χ1) is 8.66. The molecule has 0 unspecified atom stereocenters. The van der Waals surface area contributed by atoms with Gasteiger partial charge in [-0.3, -0.25) is 10.1 Å². The summed E-state index contributed by atoms with van der Waals surface area (Å²) in [4.78, 5) is 10.3. The molecule has 0 saturated heterocycles. The van der Waals surface area contributed by atoms with Gasteiger partial charge in [-0.1, -0.05) is 20.8 Å². The van der Waals surface area contributed by atoms with Crippen LogP contribution in [-0.4, -0.2) is 11.5 Å². The monoisotopic (exact) mass is 270 g/mol. The van der Waals surface area contributed by atoms with Crippen LogP contribution in [0, 0.1) is 21.4 Å². The molecule has 5 nitrogen and oxygen atoms in total. The van der Waals surface area contributed by atoms with Crippen LogP contribution in [0.1, 0.15) is 31.9 Å². The van der Waals surface area contributed by atoms with Crippen LogP contribution >= 0.6 is 0 Å². The van der Waals surface area contributed by atoms with Gasteiger partial charge < -0.3 is 4.74 Å². The maximum absolute atomic E-state index is 12.3. The van der Waals surface area contributed by atoms with Crippen LogP contribution in [0.2, 0.25) is 0 Å². The Balaban J connectivity index is 3.53. The summed E-state index contributed by atoms with van der Waals surface area (Å²) in [6.45, 7) is 2.01. The molecular weight excluding hydrogens is 258 g/mol. The van der Waals surface area contributed by atoms with Crippen LogP contribution in [-0.2, 0) is 5.41 Å². The number of nitro groups is 1. The number of halogens is 2. The van der Waals surface area contributed by atoms with Gasteiger partial charge >= 0.3 is 6.61 Å². The van der Waals surface area contributed by atoms with Gasteiger partial charge in [-0.05, 0) is 11.5 Å². The summed E-state index contributed by atoms with van der Waals surface area (Å²) < 4.78 is 28.7. The molecule has 1 aromatic rings. The molecule has 102 valence electrons. The fraction of sp³-hybridized carbons (Fsp3) is 0.417. The first-order valence-electron chi connectivity index (χ1n) is 5.34. The van der Waals surface area contributed by atoms with Gasteiger partial charge in [-0.25, -0.2) is 0 Å². The first kappa shape index (κ1) is 14.8. The summed E-state index contributed by atoms with van der Waals surface area (Å²) in [5.41, 5.74) is -0.991. The van der Waals surface area contributed by atoms with E-state index in [1.807, 2.05) is 0 Å². The molecule has 0 heterocycles. The van der Waals surface area contributed by atoms with Crippen molar-refractivity contribution < 1.29 is 18.4 Å². The number of ether oxygens (including phenoxy) is 1. The number of alkyl halides is 2. The van der Waals surface area contributed by atoms with E-state index in [4.69, 9.17) is 5.26 Å². The number of nitro benzene ring substituents is 1. The van der Waals surface area contributed by atoms with Crippen molar-refractivity contribution >= 4 is 5.69 Å². The number of nitriles is 1. The lowest BCUT2D eigenvalue weighted by Gasteiger charge is -2.20. The Morgan fingerprint density at radius 3 is 2.37 bits per heavy atom. The molecule has 0 spiro atoms. The predicted molar refractivity (Wildman–Crippen MR) is 63.1 cm³/mol. The lowest BCUT2D eigenvalue weighted by molar-refractivity contribution is -0.386. The molecule has 1 aromatic carbocycles. The van der Waals surface area contributed by atoms with Gasteiger partial charge in [0.05, 0.1) is 4.92 Å². The first-order valence-corrected chi connectivity index (χ1v) is 5.34. The summed E-state index contributed by atoms with van der Waals surface area (Å²) >= 11 is 0. The van der Waals surface area contributed by atoms with Crippen molar-refractivity contribution in [2.45, 2.75) is 32.8 Å². The fourth-order valence-corrected chi connectivity index (χ4v) is 1.60. The van der Waals surface area contributed by atoms with Gasteiger partial charge in [-0.15, -0.1) is 0 Å². The standard InChI is InChI=1S/C12H12F2N2O3/c1-12(2,3)8-5-10(19-11(13)14)7(6-15)4-9(8)16(17)18/h4-5,11H,1-3H3. The van der Waals surface area contributed by atoms with Crippen LogP contribution in [0.4, 0.5) is 14.5 Å². The van der Waals surface area contributed by atoms with Gasteiger partial charge in [0.15, 0.2) is 0 Å². The van der Waals surface area contributed by atoms with Crippen molar-refractivity contribution in [3.05, 3.63) is 33.4 Å². The molecule has 0 amide bonds. The largest absolute Gasteiger partial charge is 0.433 e. The molecule has 0 bridgehead atoms. The zero-order valence-electron chi connectivity index (χ0n) is 10.6. The van der Waals surface area contributed by atoms with E-state index < -0.39 is 16.9 Å². The smallest absolute Gasteiger partial charge is 0.387 e. The van der Waals surface area contributed by atoms with Crippen LogP contribution in [0.25, 0.3) is 0 Å². The average Bonchev–Trinajstić information content (AvgIpc) is 2.26. The Morgan fingerprint density at radius 1 is 1.42 bits per heavy atom. The van der Waals surface area contributed by atoms with E-state index in [2.05, 4.69) is 4.74 Å². The van der Waals surface area contributed by atoms with Crippen LogP contribution in [0.3, 0.4) is 0 Å². The number of hydrogen-bond donors (Lipinski definition) is 0.